The van der Waals surface area contributed by atoms with Gasteiger partial charge in [-0.05, 0) is 33.7 Å². The number of amides is 1. The van der Waals surface area contributed by atoms with E-state index < -0.39 is 11.6 Å². The van der Waals surface area contributed by atoms with Gasteiger partial charge in [0.05, 0.1) is 5.69 Å². The minimum absolute atomic E-state index is 0.0110. The number of halogens is 1. The molecule has 4 rings (SSSR count). The molecule has 28 heavy (non-hydrogen) atoms. The van der Waals surface area contributed by atoms with Crippen LogP contribution in [0.1, 0.15) is 51.8 Å². The van der Waals surface area contributed by atoms with Crippen LogP contribution in [0.2, 0.25) is 0 Å². The summed E-state index contributed by atoms with van der Waals surface area (Å²) >= 11 is 0. The van der Waals surface area contributed by atoms with Crippen molar-refractivity contribution in [3.05, 3.63) is 17.6 Å². The Morgan fingerprint density at radius 1 is 1.32 bits per heavy atom. The molecule has 1 amide bonds. The Morgan fingerprint density at radius 3 is 2.79 bits per heavy atom. The molecule has 0 aromatic carbocycles. The van der Waals surface area contributed by atoms with E-state index in [1.165, 1.54) is 19.4 Å². The van der Waals surface area contributed by atoms with Crippen molar-refractivity contribution in [2.24, 2.45) is 11.3 Å². The molecule has 0 radical (unpaired) electrons. The van der Waals surface area contributed by atoms with Gasteiger partial charge in [-0.1, -0.05) is 13.8 Å². The van der Waals surface area contributed by atoms with Crippen LogP contribution < -0.4 is 10.2 Å². The highest BCUT2D eigenvalue weighted by atomic mass is 19.1. The summed E-state index contributed by atoms with van der Waals surface area (Å²) in [5.41, 5.74) is 0.396. The van der Waals surface area contributed by atoms with E-state index in [0.29, 0.717) is 12.0 Å². The molecule has 3 unspecified atom stereocenters. The van der Waals surface area contributed by atoms with Crippen LogP contribution in [-0.4, -0.2) is 58.7 Å². The van der Waals surface area contributed by atoms with Gasteiger partial charge < -0.3 is 15.1 Å². The second kappa shape index (κ2) is 6.65. The molecule has 1 N–H and O–H groups in total. The molecule has 1 aromatic rings. The second-order valence-electron chi connectivity index (χ2n) is 9.80. The molecule has 1 aromatic heterocycles. The van der Waals surface area contributed by atoms with Crippen LogP contribution in [0.3, 0.4) is 0 Å². The Labute approximate surface area is 166 Å². The number of carbonyl (C=O) groups excluding carboxylic acids is 1. The van der Waals surface area contributed by atoms with E-state index >= 15 is 0 Å². The number of likely N-dealkylation sites (N-methyl/N-ethyl adjacent to an activating group) is 1. The van der Waals surface area contributed by atoms with Crippen molar-refractivity contribution in [1.29, 1.82) is 0 Å². The minimum Gasteiger partial charge on any atom is -0.352 e. The first-order chi connectivity index (χ1) is 13.1. The lowest BCUT2D eigenvalue weighted by molar-refractivity contribution is -0.137. The number of hydrogen-bond acceptors (Lipinski definition) is 5. The molecule has 0 spiro atoms. The topological polar surface area (TPSA) is 61.4 Å². The highest BCUT2D eigenvalue weighted by Gasteiger charge is 2.61. The Morgan fingerprint density at radius 2 is 2.07 bits per heavy atom. The third-order valence-electron chi connectivity index (χ3n) is 6.94. The summed E-state index contributed by atoms with van der Waals surface area (Å²) in [6.45, 7) is 9.87. The van der Waals surface area contributed by atoms with Gasteiger partial charge in [0.2, 0.25) is 0 Å². The van der Waals surface area contributed by atoms with Crippen LogP contribution in [0.15, 0.2) is 6.33 Å². The van der Waals surface area contributed by atoms with Crippen molar-refractivity contribution in [3.8, 4) is 0 Å². The summed E-state index contributed by atoms with van der Waals surface area (Å²) in [7, 11) is 2.14. The van der Waals surface area contributed by atoms with Gasteiger partial charge in [-0.3, -0.25) is 4.79 Å². The van der Waals surface area contributed by atoms with E-state index in [1.807, 2.05) is 0 Å². The number of carbonyl (C=O) groups is 1. The van der Waals surface area contributed by atoms with Crippen molar-refractivity contribution in [1.82, 2.24) is 20.2 Å². The molecule has 3 atom stereocenters. The SMILES string of the molecule is CN1CCc2ncnc(N3CCCC4C(NC(=O)C(C)(C)F)C(C)(C)C43)c2C1. The van der Waals surface area contributed by atoms with Crippen LogP contribution in [-0.2, 0) is 17.8 Å². The first-order valence-corrected chi connectivity index (χ1v) is 10.4. The maximum Gasteiger partial charge on any atom is 0.257 e. The molecule has 154 valence electrons. The molecule has 3 aliphatic rings. The third-order valence-corrected chi connectivity index (χ3v) is 6.94. The van der Waals surface area contributed by atoms with Crippen LogP contribution in [0.5, 0.6) is 0 Å². The van der Waals surface area contributed by atoms with Crippen molar-refractivity contribution in [2.45, 2.75) is 71.3 Å². The Balaban J connectivity index is 1.62. The van der Waals surface area contributed by atoms with E-state index in [2.05, 4.69) is 41.0 Å². The summed E-state index contributed by atoms with van der Waals surface area (Å²) in [6, 6.07) is 0.281. The highest BCUT2D eigenvalue weighted by molar-refractivity contribution is 5.84. The maximum absolute atomic E-state index is 14.1. The largest absolute Gasteiger partial charge is 0.352 e. The predicted octanol–water partition coefficient (Wildman–Crippen LogP) is 2.32. The fraction of sp³-hybridized carbons (Fsp3) is 0.762. The quantitative estimate of drug-likeness (QED) is 0.860. The zero-order valence-electron chi connectivity index (χ0n) is 17.6. The number of fused-ring (bicyclic) bond motifs is 2. The summed E-state index contributed by atoms with van der Waals surface area (Å²) < 4.78 is 14.1. The molecular formula is C21H32FN5O. The molecule has 2 aliphatic heterocycles. The van der Waals surface area contributed by atoms with Crippen molar-refractivity contribution < 1.29 is 9.18 Å². The minimum atomic E-state index is -1.86. The Kier molecular flexibility index (Phi) is 4.64. The lowest BCUT2D eigenvalue weighted by Gasteiger charge is -2.64. The zero-order chi connectivity index (χ0) is 20.3. The molecule has 7 heteroatoms. The van der Waals surface area contributed by atoms with E-state index in [0.717, 1.165) is 50.4 Å². The number of rotatable bonds is 3. The number of nitrogens with one attached hydrogen (secondary N) is 1. The lowest BCUT2D eigenvalue weighted by atomic mass is 9.52. The number of hydrogen-bond donors (Lipinski definition) is 1. The standard InChI is InChI=1S/C21H32FN5O/c1-20(2)16(25-19(28)21(3,4)22)13-7-6-9-27(17(13)20)18-14-11-26(5)10-8-15(14)23-12-24-18/h12-13,16-17H,6-11H2,1-5H3,(H,25,28). The molecule has 3 heterocycles. The highest BCUT2D eigenvalue weighted by Crippen LogP contribution is 2.53. The molecule has 1 saturated carbocycles. The van der Waals surface area contributed by atoms with Gasteiger partial charge in [0, 0.05) is 55.0 Å². The predicted molar refractivity (Wildman–Crippen MR) is 107 cm³/mol. The fourth-order valence-electron chi connectivity index (χ4n) is 5.50. The van der Waals surface area contributed by atoms with Gasteiger partial charge in [0.15, 0.2) is 5.67 Å². The smallest absolute Gasteiger partial charge is 0.257 e. The second-order valence-corrected chi connectivity index (χ2v) is 9.80. The van der Waals surface area contributed by atoms with E-state index in [4.69, 9.17) is 4.98 Å². The molecule has 6 nitrogen and oxygen atoms in total. The summed E-state index contributed by atoms with van der Waals surface area (Å²) in [5, 5.41) is 3.01. The zero-order valence-corrected chi connectivity index (χ0v) is 17.6. The summed E-state index contributed by atoms with van der Waals surface area (Å²) in [6.07, 6.45) is 4.75. The van der Waals surface area contributed by atoms with Crippen molar-refractivity contribution in [2.75, 3.05) is 25.0 Å². The fourth-order valence-corrected chi connectivity index (χ4v) is 5.50. The number of piperidine rings is 1. The molecule has 0 bridgehead atoms. The number of alkyl halides is 1. The van der Waals surface area contributed by atoms with Gasteiger partial charge >= 0.3 is 0 Å². The first kappa shape index (κ1) is 19.6. The molecule has 1 aliphatic carbocycles. The van der Waals surface area contributed by atoms with Gasteiger partial charge in [-0.25, -0.2) is 14.4 Å². The van der Waals surface area contributed by atoms with Gasteiger partial charge in [0.25, 0.3) is 5.91 Å². The third kappa shape index (κ3) is 3.08. The van der Waals surface area contributed by atoms with Crippen LogP contribution in [0, 0.1) is 11.3 Å². The Bertz CT molecular complexity index is 775. The van der Waals surface area contributed by atoms with Gasteiger partial charge in [-0.2, -0.15) is 0 Å². The Hall–Kier alpha value is -1.76. The number of nitrogens with zero attached hydrogens (tertiary/aromatic N) is 4. The first-order valence-electron chi connectivity index (χ1n) is 10.4. The van der Waals surface area contributed by atoms with Crippen LogP contribution >= 0.6 is 0 Å². The lowest BCUT2D eigenvalue weighted by Crippen LogP contribution is -2.75. The van der Waals surface area contributed by atoms with Crippen LogP contribution in [0.25, 0.3) is 0 Å². The average Bonchev–Trinajstić information content (AvgIpc) is 2.64. The monoisotopic (exact) mass is 389 g/mol. The number of aromatic nitrogens is 2. The maximum atomic E-state index is 14.1. The molecule has 1 saturated heterocycles. The van der Waals surface area contributed by atoms with Crippen molar-refractivity contribution >= 4 is 11.7 Å². The normalized spacial score (nSPS) is 29.5. The average molecular weight is 390 g/mol. The van der Waals surface area contributed by atoms with E-state index in [1.54, 1.807) is 6.33 Å². The summed E-state index contributed by atoms with van der Waals surface area (Å²) in [4.78, 5) is 26.3. The molecular weight excluding hydrogens is 357 g/mol. The molecule has 2 fully saturated rings. The van der Waals surface area contributed by atoms with Gasteiger partial charge in [-0.15, -0.1) is 0 Å². The van der Waals surface area contributed by atoms with E-state index in [9.17, 15) is 9.18 Å². The van der Waals surface area contributed by atoms with Crippen molar-refractivity contribution in [3.63, 3.8) is 0 Å². The number of anilines is 1. The van der Waals surface area contributed by atoms with E-state index in [-0.39, 0.29) is 11.5 Å². The van der Waals surface area contributed by atoms with Gasteiger partial charge in [0.1, 0.15) is 12.1 Å². The summed E-state index contributed by atoms with van der Waals surface area (Å²) in [5.74, 6) is 0.860. The van der Waals surface area contributed by atoms with Crippen LogP contribution in [0.4, 0.5) is 10.2 Å².